The summed E-state index contributed by atoms with van der Waals surface area (Å²) >= 11 is 0. The van der Waals surface area contributed by atoms with Gasteiger partial charge >= 0.3 is 0 Å². The number of aryl methyl sites for hydroxylation is 2. The van der Waals surface area contributed by atoms with Crippen LogP contribution in [-0.2, 0) is 13.6 Å². The summed E-state index contributed by atoms with van der Waals surface area (Å²) in [6.45, 7) is 1.99. The van der Waals surface area contributed by atoms with Crippen LogP contribution in [0.15, 0.2) is 27.4 Å². The van der Waals surface area contributed by atoms with Gasteiger partial charge in [-0.1, -0.05) is 6.07 Å². The summed E-state index contributed by atoms with van der Waals surface area (Å²) in [6.07, 6.45) is 0. The van der Waals surface area contributed by atoms with Crippen LogP contribution in [0, 0.1) is 6.92 Å². The monoisotopic (exact) mass is 258 g/mol. The second-order valence-electron chi connectivity index (χ2n) is 4.45. The molecular formula is C13H14N4O2. The van der Waals surface area contributed by atoms with Crippen LogP contribution >= 0.6 is 0 Å². The fourth-order valence-electron chi connectivity index (χ4n) is 2.22. The number of oxazole rings is 1. The number of hydrogen-bond donors (Lipinski definition) is 2. The van der Waals surface area contributed by atoms with Gasteiger partial charge < -0.3 is 10.2 Å². The van der Waals surface area contributed by atoms with E-state index in [-0.39, 0.29) is 12.1 Å². The fraction of sp³-hybridized carbons (Fsp3) is 0.231. The van der Waals surface area contributed by atoms with E-state index < -0.39 is 0 Å². The van der Waals surface area contributed by atoms with E-state index in [1.807, 2.05) is 18.2 Å². The zero-order chi connectivity index (χ0) is 13.6. The van der Waals surface area contributed by atoms with E-state index in [4.69, 9.17) is 10.2 Å². The van der Waals surface area contributed by atoms with Gasteiger partial charge in [-0.3, -0.25) is 14.6 Å². The number of nitrogens with zero attached hydrogens (tertiary/aromatic N) is 2. The molecule has 6 nitrogen and oxygen atoms in total. The number of hydrogen-bond acceptors (Lipinski definition) is 4. The summed E-state index contributed by atoms with van der Waals surface area (Å²) < 4.78 is 6.92. The Morgan fingerprint density at radius 1 is 1.47 bits per heavy atom. The molecular weight excluding hydrogens is 244 g/mol. The van der Waals surface area contributed by atoms with E-state index in [1.54, 1.807) is 14.0 Å². The SMILES string of the molecule is Cc1nc2ccc(-c3[nH]n(C)c(=O)c3CN)cc2o1. The molecule has 0 saturated carbocycles. The van der Waals surface area contributed by atoms with Gasteiger partial charge in [0.25, 0.3) is 5.56 Å². The highest BCUT2D eigenvalue weighted by molar-refractivity contribution is 5.80. The Balaban J connectivity index is 2.23. The summed E-state index contributed by atoms with van der Waals surface area (Å²) in [5.41, 5.74) is 9.20. The first kappa shape index (κ1) is 11.7. The van der Waals surface area contributed by atoms with Crippen LogP contribution in [0.5, 0.6) is 0 Å². The number of nitrogens with one attached hydrogen (secondary N) is 1. The van der Waals surface area contributed by atoms with Crippen molar-refractivity contribution >= 4 is 11.1 Å². The smallest absolute Gasteiger partial charge is 0.271 e. The molecule has 0 amide bonds. The van der Waals surface area contributed by atoms with Crippen LogP contribution in [0.3, 0.4) is 0 Å². The Kier molecular flexibility index (Phi) is 2.53. The Morgan fingerprint density at radius 3 is 3.00 bits per heavy atom. The van der Waals surface area contributed by atoms with Gasteiger partial charge in [0.2, 0.25) is 0 Å². The van der Waals surface area contributed by atoms with E-state index >= 15 is 0 Å². The molecule has 0 aliphatic carbocycles. The standard InChI is InChI=1S/C13H14N4O2/c1-7-15-10-4-3-8(5-11(10)19-7)12-9(6-14)13(18)17(2)16-12/h3-5,16H,6,14H2,1-2H3. The zero-order valence-electron chi connectivity index (χ0n) is 10.7. The number of aromatic amines is 1. The first-order valence-electron chi connectivity index (χ1n) is 5.95. The first-order valence-corrected chi connectivity index (χ1v) is 5.95. The lowest BCUT2D eigenvalue weighted by atomic mass is 10.1. The topological polar surface area (TPSA) is 89.8 Å². The van der Waals surface area contributed by atoms with Crippen molar-refractivity contribution in [2.45, 2.75) is 13.5 Å². The lowest BCUT2D eigenvalue weighted by molar-refractivity contribution is 0.561. The van der Waals surface area contributed by atoms with Gasteiger partial charge in [0.15, 0.2) is 11.5 Å². The predicted octanol–water partition coefficient (Wildman–Crippen LogP) is 1.29. The van der Waals surface area contributed by atoms with Gasteiger partial charge in [-0.2, -0.15) is 0 Å². The van der Waals surface area contributed by atoms with Gasteiger partial charge in [0.1, 0.15) is 5.52 Å². The molecule has 0 aliphatic heterocycles. The van der Waals surface area contributed by atoms with Crippen molar-refractivity contribution in [3.63, 3.8) is 0 Å². The van der Waals surface area contributed by atoms with Gasteiger partial charge in [-0.15, -0.1) is 0 Å². The molecule has 0 radical (unpaired) electrons. The second kappa shape index (κ2) is 4.10. The third kappa shape index (κ3) is 1.77. The highest BCUT2D eigenvalue weighted by Crippen LogP contribution is 2.24. The number of fused-ring (bicyclic) bond motifs is 1. The van der Waals surface area contributed by atoms with Crippen LogP contribution in [0.4, 0.5) is 0 Å². The maximum absolute atomic E-state index is 11.9. The van der Waals surface area contributed by atoms with E-state index in [9.17, 15) is 4.79 Å². The minimum absolute atomic E-state index is 0.105. The molecule has 6 heteroatoms. The molecule has 3 N–H and O–H groups in total. The normalized spacial score (nSPS) is 11.3. The van der Waals surface area contributed by atoms with Crippen molar-refractivity contribution < 1.29 is 4.42 Å². The van der Waals surface area contributed by atoms with E-state index in [0.717, 1.165) is 16.8 Å². The molecule has 19 heavy (non-hydrogen) atoms. The minimum atomic E-state index is -0.105. The first-order chi connectivity index (χ1) is 9.10. The molecule has 0 bridgehead atoms. The molecule has 2 aromatic heterocycles. The van der Waals surface area contributed by atoms with Gasteiger partial charge in [0, 0.05) is 26.1 Å². The van der Waals surface area contributed by atoms with Crippen molar-refractivity contribution in [3.05, 3.63) is 40.0 Å². The number of nitrogens with two attached hydrogens (primary N) is 1. The van der Waals surface area contributed by atoms with Crippen molar-refractivity contribution in [1.29, 1.82) is 0 Å². The lowest BCUT2D eigenvalue weighted by Gasteiger charge is -2.00. The van der Waals surface area contributed by atoms with Crippen molar-refractivity contribution in [2.24, 2.45) is 12.8 Å². The average molecular weight is 258 g/mol. The molecule has 3 rings (SSSR count). The Morgan fingerprint density at radius 2 is 2.26 bits per heavy atom. The summed E-state index contributed by atoms with van der Waals surface area (Å²) in [5.74, 6) is 0.618. The average Bonchev–Trinajstić information content (AvgIpc) is 2.89. The molecule has 0 fully saturated rings. The van der Waals surface area contributed by atoms with Crippen LogP contribution in [0.25, 0.3) is 22.4 Å². The van der Waals surface area contributed by atoms with Gasteiger partial charge in [-0.05, 0) is 12.1 Å². The van der Waals surface area contributed by atoms with Crippen LogP contribution in [0.2, 0.25) is 0 Å². The maximum Gasteiger partial charge on any atom is 0.271 e. The predicted molar refractivity (Wildman–Crippen MR) is 71.7 cm³/mol. The highest BCUT2D eigenvalue weighted by Gasteiger charge is 2.14. The van der Waals surface area contributed by atoms with Crippen LogP contribution in [0.1, 0.15) is 11.5 Å². The van der Waals surface area contributed by atoms with E-state index in [1.165, 1.54) is 4.68 Å². The quantitative estimate of drug-likeness (QED) is 0.724. The number of benzene rings is 1. The molecule has 0 atom stereocenters. The molecule has 3 aromatic rings. The van der Waals surface area contributed by atoms with Gasteiger partial charge in [-0.25, -0.2) is 4.98 Å². The molecule has 2 heterocycles. The third-order valence-corrected chi connectivity index (χ3v) is 3.13. The summed E-state index contributed by atoms with van der Waals surface area (Å²) in [7, 11) is 1.67. The molecule has 98 valence electrons. The second-order valence-corrected chi connectivity index (χ2v) is 4.45. The fourth-order valence-corrected chi connectivity index (χ4v) is 2.22. The molecule has 0 unspecified atom stereocenters. The Labute approximate surface area is 108 Å². The van der Waals surface area contributed by atoms with E-state index in [0.29, 0.717) is 17.0 Å². The Hall–Kier alpha value is -2.34. The van der Waals surface area contributed by atoms with Crippen LogP contribution < -0.4 is 11.3 Å². The molecule has 1 aromatic carbocycles. The Bertz CT molecular complexity index is 810. The zero-order valence-corrected chi connectivity index (χ0v) is 10.7. The largest absolute Gasteiger partial charge is 0.441 e. The van der Waals surface area contributed by atoms with E-state index in [2.05, 4.69) is 10.1 Å². The third-order valence-electron chi connectivity index (χ3n) is 3.13. The van der Waals surface area contributed by atoms with Crippen molar-refractivity contribution in [3.8, 4) is 11.3 Å². The summed E-state index contributed by atoms with van der Waals surface area (Å²) in [4.78, 5) is 16.1. The molecule has 0 saturated heterocycles. The number of H-pyrrole nitrogens is 1. The minimum Gasteiger partial charge on any atom is -0.441 e. The van der Waals surface area contributed by atoms with Crippen molar-refractivity contribution in [1.82, 2.24) is 14.8 Å². The molecule has 0 aliphatic rings. The van der Waals surface area contributed by atoms with Crippen LogP contribution in [-0.4, -0.2) is 14.8 Å². The van der Waals surface area contributed by atoms with Gasteiger partial charge in [0.05, 0.1) is 11.3 Å². The maximum atomic E-state index is 11.9. The number of aromatic nitrogens is 3. The summed E-state index contributed by atoms with van der Waals surface area (Å²) in [5, 5.41) is 3.01. The molecule has 0 spiro atoms. The highest BCUT2D eigenvalue weighted by atomic mass is 16.3. The van der Waals surface area contributed by atoms with Crippen molar-refractivity contribution in [2.75, 3.05) is 0 Å². The summed E-state index contributed by atoms with van der Waals surface area (Å²) in [6, 6.07) is 5.63. The lowest BCUT2D eigenvalue weighted by Crippen LogP contribution is -2.17. The number of rotatable bonds is 2.